The van der Waals surface area contributed by atoms with Crippen molar-refractivity contribution in [1.82, 2.24) is 9.97 Å². The summed E-state index contributed by atoms with van der Waals surface area (Å²) >= 11 is 0. The fourth-order valence-corrected chi connectivity index (χ4v) is 2.61. The van der Waals surface area contributed by atoms with E-state index in [0.29, 0.717) is 5.92 Å². The summed E-state index contributed by atoms with van der Waals surface area (Å²) in [7, 11) is 1.90. The second-order valence-corrected chi connectivity index (χ2v) is 5.22. The van der Waals surface area contributed by atoms with Crippen LogP contribution in [0.15, 0.2) is 0 Å². The van der Waals surface area contributed by atoms with Crippen LogP contribution in [0.4, 0.5) is 11.6 Å². The average molecular weight is 264 g/mol. The predicted molar refractivity (Wildman–Crippen MR) is 77.7 cm³/mol. The molecule has 0 bridgehead atoms. The van der Waals surface area contributed by atoms with E-state index >= 15 is 0 Å². The number of nitrogens with zero attached hydrogens (tertiary/aromatic N) is 3. The molecule has 1 unspecified atom stereocenters. The molecule has 5 nitrogen and oxygen atoms in total. The standard InChI is InChI=1S/C14H24N4O/c1-4-5-12-16-13(15-3)10(2)14(17-12)18-7-6-11(8-18)9-19/h11,19H,4-9H2,1-3H3,(H,15,16,17). The summed E-state index contributed by atoms with van der Waals surface area (Å²) in [6.07, 6.45) is 2.99. The first-order chi connectivity index (χ1) is 9.19. The number of aliphatic hydroxyl groups is 1. The van der Waals surface area contributed by atoms with E-state index < -0.39 is 0 Å². The van der Waals surface area contributed by atoms with Crippen LogP contribution in [0.1, 0.15) is 31.2 Å². The van der Waals surface area contributed by atoms with Crippen molar-refractivity contribution in [2.45, 2.75) is 33.1 Å². The first kappa shape index (κ1) is 14.1. The fourth-order valence-electron chi connectivity index (χ4n) is 2.61. The zero-order valence-corrected chi connectivity index (χ0v) is 12.1. The normalized spacial score (nSPS) is 18.9. The Bertz CT molecular complexity index is 436. The first-order valence-electron chi connectivity index (χ1n) is 7.10. The molecule has 2 heterocycles. The molecule has 0 amide bonds. The molecule has 1 aromatic rings. The third kappa shape index (κ3) is 2.97. The summed E-state index contributed by atoms with van der Waals surface area (Å²) in [5.41, 5.74) is 1.10. The molecule has 1 aromatic heterocycles. The molecule has 1 aliphatic rings. The van der Waals surface area contributed by atoms with Crippen molar-refractivity contribution < 1.29 is 5.11 Å². The van der Waals surface area contributed by atoms with E-state index in [0.717, 1.165) is 55.4 Å². The van der Waals surface area contributed by atoms with Gasteiger partial charge in [-0.2, -0.15) is 0 Å². The van der Waals surface area contributed by atoms with Crippen molar-refractivity contribution in [1.29, 1.82) is 0 Å². The van der Waals surface area contributed by atoms with Crippen molar-refractivity contribution in [3.63, 3.8) is 0 Å². The van der Waals surface area contributed by atoms with Gasteiger partial charge >= 0.3 is 0 Å². The Morgan fingerprint density at radius 1 is 1.42 bits per heavy atom. The monoisotopic (exact) mass is 264 g/mol. The molecule has 1 fully saturated rings. The maximum Gasteiger partial charge on any atom is 0.137 e. The van der Waals surface area contributed by atoms with Crippen LogP contribution in [0.2, 0.25) is 0 Å². The third-order valence-corrected chi connectivity index (χ3v) is 3.72. The SMILES string of the molecule is CCCc1nc(NC)c(C)c(N2CCC(CO)C2)n1. The Balaban J connectivity index is 2.30. The lowest BCUT2D eigenvalue weighted by atomic mass is 10.1. The van der Waals surface area contributed by atoms with E-state index in [9.17, 15) is 5.11 Å². The van der Waals surface area contributed by atoms with E-state index in [1.54, 1.807) is 0 Å². The van der Waals surface area contributed by atoms with Gasteiger partial charge in [-0.15, -0.1) is 0 Å². The van der Waals surface area contributed by atoms with Gasteiger partial charge in [0.05, 0.1) is 0 Å². The van der Waals surface area contributed by atoms with Crippen LogP contribution in [-0.2, 0) is 6.42 Å². The smallest absolute Gasteiger partial charge is 0.137 e. The third-order valence-electron chi connectivity index (χ3n) is 3.72. The predicted octanol–water partition coefficient (Wildman–Crippen LogP) is 1.60. The maximum absolute atomic E-state index is 9.27. The Labute approximate surface area is 115 Å². The van der Waals surface area contributed by atoms with Crippen LogP contribution < -0.4 is 10.2 Å². The zero-order chi connectivity index (χ0) is 13.8. The second-order valence-electron chi connectivity index (χ2n) is 5.22. The molecule has 106 valence electrons. The fraction of sp³-hybridized carbons (Fsp3) is 0.714. The molecule has 0 radical (unpaired) electrons. The van der Waals surface area contributed by atoms with E-state index in [1.807, 2.05) is 7.05 Å². The van der Waals surface area contributed by atoms with Gasteiger partial charge in [0.25, 0.3) is 0 Å². The van der Waals surface area contributed by atoms with Gasteiger partial charge in [0.1, 0.15) is 17.5 Å². The molecule has 1 atom stereocenters. The summed E-state index contributed by atoms with van der Waals surface area (Å²) < 4.78 is 0. The maximum atomic E-state index is 9.27. The zero-order valence-electron chi connectivity index (χ0n) is 12.1. The molecule has 5 heteroatoms. The van der Waals surface area contributed by atoms with Gasteiger partial charge in [0.2, 0.25) is 0 Å². The van der Waals surface area contributed by atoms with Crippen LogP contribution >= 0.6 is 0 Å². The number of anilines is 2. The summed E-state index contributed by atoms with van der Waals surface area (Å²) in [5, 5.41) is 12.4. The highest BCUT2D eigenvalue weighted by molar-refractivity contribution is 5.58. The lowest BCUT2D eigenvalue weighted by Crippen LogP contribution is -2.24. The van der Waals surface area contributed by atoms with Crippen molar-refractivity contribution in [2.24, 2.45) is 5.92 Å². The molecule has 1 saturated heterocycles. The topological polar surface area (TPSA) is 61.3 Å². The molecular weight excluding hydrogens is 240 g/mol. The minimum Gasteiger partial charge on any atom is -0.396 e. The van der Waals surface area contributed by atoms with Crippen LogP contribution in [0, 0.1) is 12.8 Å². The van der Waals surface area contributed by atoms with Crippen LogP contribution in [-0.4, -0.2) is 41.8 Å². The number of aliphatic hydroxyl groups excluding tert-OH is 1. The molecule has 0 saturated carbocycles. The van der Waals surface area contributed by atoms with Crippen LogP contribution in [0.5, 0.6) is 0 Å². The molecule has 2 N–H and O–H groups in total. The molecule has 2 rings (SSSR count). The van der Waals surface area contributed by atoms with Gasteiger partial charge < -0.3 is 15.3 Å². The largest absolute Gasteiger partial charge is 0.396 e. The van der Waals surface area contributed by atoms with Crippen molar-refractivity contribution in [3.8, 4) is 0 Å². The van der Waals surface area contributed by atoms with E-state index in [1.165, 1.54) is 0 Å². The van der Waals surface area contributed by atoms with E-state index in [-0.39, 0.29) is 6.61 Å². The Hall–Kier alpha value is -1.36. The average Bonchev–Trinajstić information content (AvgIpc) is 2.89. The highest BCUT2D eigenvalue weighted by Crippen LogP contribution is 2.28. The molecule has 0 aliphatic carbocycles. The lowest BCUT2D eigenvalue weighted by molar-refractivity contribution is 0.238. The van der Waals surface area contributed by atoms with Gasteiger partial charge in [0, 0.05) is 44.6 Å². The van der Waals surface area contributed by atoms with Crippen molar-refractivity contribution in [3.05, 3.63) is 11.4 Å². The highest BCUT2D eigenvalue weighted by atomic mass is 16.3. The number of aryl methyl sites for hydroxylation is 1. The van der Waals surface area contributed by atoms with Gasteiger partial charge in [-0.05, 0) is 19.8 Å². The van der Waals surface area contributed by atoms with Crippen molar-refractivity contribution >= 4 is 11.6 Å². The molecule has 0 aromatic carbocycles. The Morgan fingerprint density at radius 2 is 2.21 bits per heavy atom. The van der Waals surface area contributed by atoms with Crippen molar-refractivity contribution in [2.75, 3.05) is 37.0 Å². The summed E-state index contributed by atoms with van der Waals surface area (Å²) in [5.74, 6) is 3.22. The van der Waals surface area contributed by atoms with Gasteiger partial charge in [-0.1, -0.05) is 6.92 Å². The summed E-state index contributed by atoms with van der Waals surface area (Å²) in [4.78, 5) is 11.5. The van der Waals surface area contributed by atoms with Gasteiger partial charge in [0.15, 0.2) is 0 Å². The number of hydrogen-bond donors (Lipinski definition) is 2. The minimum atomic E-state index is 0.265. The summed E-state index contributed by atoms with van der Waals surface area (Å²) in [6, 6.07) is 0. The highest BCUT2D eigenvalue weighted by Gasteiger charge is 2.25. The molecule has 0 spiro atoms. The van der Waals surface area contributed by atoms with Gasteiger partial charge in [-0.3, -0.25) is 0 Å². The molecular formula is C14H24N4O. The number of nitrogens with one attached hydrogen (secondary N) is 1. The second kappa shape index (κ2) is 6.19. The first-order valence-corrected chi connectivity index (χ1v) is 7.10. The van der Waals surface area contributed by atoms with Crippen LogP contribution in [0.25, 0.3) is 0 Å². The molecule has 1 aliphatic heterocycles. The van der Waals surface area contributed by atoms with Gasteiger partial charge in [-0.25, -0.2) is 9.97 Å². The molecule has 19 heavy (non-hydrogen) atoms. The minimum absolute atomic E-state index is 0.265. The quantitative estimate of drug-likeness (QED) is 0.846. The number of hydrogen-bond acceptors (Lipinski definition) is 5. The van der Waals surface area contributed by atoms with E-state index in [2.05, 4.69) is 29.0 Å². The number of rotatable bonds is 5. The summed E-state index contributed by atoms with van der Waals surface area (Å²) in [6.45, 7) is 6.32. The van der Waals surface area contributed by atoms with E-state index in [4.69, 9.17) is 4.98 Å². The Morgan fingerprint density at radius 3 is 2.79 bits per heavy atom. The Kier molecular flexibility index (Phi) is 4.58. The van der Waals surface area contributed by atoms with Crippen LogP contribution in [0.3, 0.4) is 0 Å². The number of aromatic nitrogens is 2. The lowest BCUT2D eigenvalue weighted by Gasteiger charge is -2.21.